The van der Waals surface area contributed by atoms with Gasteiger partial charge in [-0.05, 0) is 54.7 Å². The summed E-state index contributed by atoms with van der Waals surface area (Å²) >= 11 is 12.5. The predicted octanol–water partition coefficient (Wildman–Crippen LogP) is 6.36. The van der Waals surface area contributed by atoms with Crippen molar-refractivity contribution in [2.75, 3.05) is 0 Å². The highest BCUT2D eigenvalue weighted by Crippen LogP contribution is 2.52. The molecule has 156 valence electrons. The highest BCUT2D eigenvalue weighted by Gasteiger charge is 2.51. The lowest BCUT2D eigenvalue weighted by molar-refractivity contribution is -0.154. The summed E-state index contributed by atoms with van der Waals surface area (Å²) in [5.74, 6) is 0.0610. The predicted molar refractivity (Wildman–Crippen MR) is 121 cm³/mol. The molecule has 1 aliphatic carbocycles. The zero-order valence-electron chi connectivity index (χ0n) is 16.9. The van der Waals surface area contributed by atoms with Gasteiger partial charge in [-0.15, -0.1) is 0 Å². The minimum atomic E-state index is -0.742. The smallest absolute Gasteiger partial charge is 0.229 e. The molecule has 5 heteroatoms. The fraction of sp³-hybridized carbons (Fsp3) is 0.360. The van der Waals surface area contributed by atoms with Crippen molar-refractivity contribution in [3.63, 3.8) is 0 Å². The Hall–Kier alpha value is -2.10. The lowest BCUT2D eigenvalue weighted by Gasteiger charge is -2.51. The third-order valence-electron chi connectivity index (χ3n) is 6.47. The molecule has 0 N–H and O–H groups in total. The second kappa shape index (κ2) is 8.56. The topological polar surface area (TPSA) is 37.4 Å². The van der Waals surface area contributed by atoms with Crippen molar-refractivity contribution in [3.05, 3.63) is 81.9 Å². The van der Waals surface area contributed by atoms with Gasteiger partial charge < -0.3 is 9.69 Å². The van der Waals surface area contributed by atoms with Crippen molar-refractivity contribution in [3.8, 4) is 0 Å². The molecule has 1 heterocycles. The zero-order chi connectivity index (χ0) is 21.3. The fourth-order valence-electron chi connectivity index (χ4n) is 4.97. The number of halogens is 2. The number of amides is 1. The van der Waals surface area contributed by atoms with E-state index in [9.17, 15) is 9.59 Å². The van der Waals surface area contributed by atoms with Gasteiger partial charge in [0.1, 0.15) is 6.29 Å². The molecule has 0 saturated carbocycles. The van der Waals surface area contributed by atoms with Gasteiger partial charge in [0.15, 0.2) is 0 Å². The Morgan fingerprint density at radius 2 is 1.87 bits per heavy atom. The number of allylic oxidation sites excluding steroid dienone is 1. The summed E-state index contributed by atoms with van der Waals surface area (Å²) in [7, 11) is 0. The van der Waals surface area contributed by atoms with E-state index in [-0.39, 0.29) is 30.3 Å². The number of piperidine rings is 1. The summed E-state index contributed by atoms with van der Waals surface area (Å²) in [4.78, 5) is 27.3. The van der Waals surface area contributed by atoms with E-state index in [2.05, 4.69) is 18.2 Å². The lowest BCUT2D eigenvalue weighted by Crippen LogP contribution is -2.55. The van der Waals surface area contributed by atoms with Crippen LogP contribution in [0.5, 0.6) is 0 Å². The number of likely N-dealkylation sites (tertiary alicyclic amines) is 1. The molecule has 0 radical (unpaired) electrons. The number of hydrogen-bond acceptors (Lipinski definition) is 2. The van der Waals surface area contributed by atoms with Crippen molar-refractivity contribution >= 4 is 35.4 Å². The minimum absolute atomic E-state index is 0.0153. The van der Waals surface area contributed by atoms with Gasteiger partial charge in [0.05, 0.1) is 17.5 Å². The first-order valence-electron chi connectivity index (χ1n) is 10.4. The molecule has 0 aromatic heterocycles. The van der Waals surface area contributed by atoms with Gasteiger partial charge in [-0.1, -0.05) is 66.5 Å². The van der Waals surface area contributed by atoms with E-state index in [0.29, 0.717) is 16.5 Å². The van der Waals surface area contributed by atoms with Gasteiger partial charge in [0.2, 0.25) is 5.91 Å². The second-order valence-electron chi connectivity index (χ2n) is 8.58. The highest BCUT2D eigenvalue weighted by atomic mass is 35.5. The van der Waals surface area contributed by atoms with Gasteiger partial charge in [0, 0.05) is 22.4 Å². The van der Waals surface area contributed by atoms with Crippen molar-refractivity contribution in [1.29, 1.82) is 0 Å². The number of nitrogens with zero attached hydrogens (tertiary/aromatic N) is 1. The Labute approximate surface area is 187 Å². The highest BCUT2D eigenvalue weighted by molar-refractivity contribution is 6.30. The zero-order valence-corrected chi connectivity index (χ0v) is 18.4. The summed E-state index contributed by atoms with van der Waals surface area (Å²) in [5.41, 5.74) is 1.39. The van der Waals surface area contributed by atoms with E-state index in [1.165, 1.54) is 0 Å². The second-order valence-corrected chi connectivity index (χ2v) is 9.45. The summed E-state index contributed by atoms with van der Waals surface area (Å²) in [6.07, 6.45) is 7.79. The van der Waals surface area contributed by atoms with Crippen LogP contribution in [0.4, 0.5) is 0 Å². The maximum Gasteiger partial charge on any atom is 0.229 e. The van der Waals surface area contributed by atoms with Crippen LogP contribution >= 0.6 is 23.2 Å². The maximum atomic E-state index is 13.8. The molecule has 2 aliphatic rings. The molecule has 2 unspecified atom stereocenters. The molecule has 30 heavy (non-hydrogen) atoms. The largest absolute Gasteiger partial charge is 0.328 e. The number of rotatable bonds is 5. The molecule has 1 saturated heterocycles. The fourth-order valence-corrected chi connectivity index (χ4v) is 5.29. The lowest BCUT2D eigenvalue weighted by atomic mass is 9.67. The van der Waals surface area contributed by atoms with Crippen LogP contribution in [0.1, 0.15) is 55.7 Å². The van der Waals surface area contributed by atoms with Crippen molar-refractivity contribution in [1.82, 2.24) is 4.90 Å². The van der Waals surface area contributed by atoms with Crippen molar-refractivity contribution in [2.24, 2.45) is 5.41 Å². The van der Waals surface area contributed by atoms with Crippen LogP contribution in [-0.2, 0) is 9.59 Å². The molecule has 3 nitrogen and oxygen atoms in total. The summed E-state index contributed by atoms with van der Waals surface area (Å²) in [5, 5.41) is 1.34. The normalized spacial score (nSPS) is 28.7. The van der Waals surface area contributed by atoms with E-state index in [1.54, 1.807) is 0 Å². The standard InChI is InChI=1S/C25H25Cl2NO2/c1-25(13-14-29)16-22(18-5-4-6-20(27)15-18)23(17-9-11-19(26)12-10-17)28(24(25)30)21-7-2-3-8-21/h2,4-7,9-12,14-15,21-23H,3,8,13,16H2,1H3/t21?,22?,23-,25+/m1/s1. The summed E-state index contributed by atoms with van der Waals surface area (Å²) < 4.78 is 0. The van der Waals surface area contributed by atoms with Gasteiger partial charge in [-0.3, -0.25) is 4.79 Å². The van der Waals surface area contributed by atoms with Gasteiger partial charge >= 0.3 is 0 Å². The van der Waals surface area contributed by atoms with Crippen LogP contribution in [0.15, 0.2) is 60.7 Å². The molecule has 4 atom stereocenters. The van der Waals surface area contributed by atoms with Crippen LogP contribution in [0.25, 0.3) is 0 Å². The quantitative estimate of drug-likeness (QED) is 0.399. The minimum Gasteiger partial charge on any atom is -0.328 e. The molecule has 1 amide bonds. The summed E-state index contributed by atoms with van der Waals surface area (Å²) in [6.45, 7) is 1.92. The number of benzene rings is 2. The molecule has 0 spiro atoms. The van der Waals surface area contributed by atoms with Gasteiger partial charge in [-0.25, -0.2) is 0 Å². The molecular weight excluding hydrogens is 417 g/mol. The molecule has 2 aromatic carbocycles. The summed E-state index contributed by atoms with van der Waals surface area (Å²) in [6, 6.07) is 15.5. The van der Waals surface area contributed by atoms with E-state index >= 15 is 0 Å². The van der Waals surface area contributed by atoms with E-state index in [0.717, 1.165) is 30.3 Å². The van der Waals surface area contributed by atoms with E-state index in [4.69, 9.17) is 23.2 Å². The average molecular weight is 442 g/mol. The molecule has 1 aliphatic heterocycles. The Morgan fingerprint density at radius 3 is 2.50 bits per heavy atom. The van der Waals surface area contributed by atoms with Crippen LogP contribution in [0.3, 0.4) is 0 Å². The Bertz CT molecular complexity index is 971. The molecule has 2 aromatic rings. The number of aldehydes is 1. The number of carbonyl (C=O) groups excluding carboxylic acids is 2. The van der Waals surface area contributed by atoms with Crippen LogP contribution < -0.4 is 0 Å². The third-order valence-corrected chi connectivity index (χ3v) is 6.96. The SMILES string of the molecule is C[C@]1(CC=O)CC(c2cccc(Cl)c2)[C@@H](c2ccc(Cl)cc2)N(C2C=CCC2)C1=O. The van der Waals surface area contributed by atoms with Gasteiger partial charge in [-0.2, -0.15) is 0 Å². The molecule has 1 fully saturated rings. The van der Waals surface area contributed by atoms with Crippen LogP contribution in [0, 0.1) is 5.41 Å². The number of carbonyl (C=O) groups is 2. The Kier molecular flexibility index (Phi) is 6.04. The first-order valence-corrected chi connectivity index (χ1v) is 11.1. The first kappa shape index (κ1) is 21.1. The first-order chi connectivity index (χ1) is 14.4. The van der Waals surface area contributed by atoms with Crippen LogP contribution in [-0.4, -0.2) is 23.1 Å². The Balaban J connectivity index is 1.88. The van der Waals surface area contributed by atoms with E-state index < -0.39 is 5.41 Å². The van der Waals surface area contributed by atoms with Gasteiger partial charge in [0.25, 0.3) is 0 Å². The average Bonchev–Trinajstić information content (AvgIpc) is 3.25. The molecule has 4 rings (SSSR count). The van der Waals surface area contributed by atoms with Crippen molar-refractivity contribution in [2.45, 2.75) is 50.6 Å². The van der Waals surface area contributed by atoms with Crippen molar-refractivity contribution < 1.29 is 9.59 Å². The number of hydrogen-bond donors (Lipinski definition) is 0. The Morgan fingerprint density at radius 1 is 1.10 bits per heavy atom. The molecular formula is C25H25Cl2NO2. The third kappa shape index (κ3) is 3.93. The maximum absolute atomic E-state index is 13.8. The monoisotopic (exact) mass is 441 g/mol. The van der Waals surface area contributed by atoms with E-state index in [1.807, 2.05) is 54.3 Å². The van der Waals surface area contributed by atoms with Crippen LogP contribution in [0.2, 0.25) is 10.0 Å². The molecule has 0 bridgehead atoms.